The lowest BCUT2D eigenvalue weighted by Crippen LogP contribution is -2.40. The van der Waals surface area contributed by atoms with Crippen molar-refractivity contribution >= 4 is 23.2 Å². The highest BCUT2D eigenvalue weighted by Gasteiger charge is 2.22. The number of piperidine rings is 1. The van der Waals surface area contributed by atoms with Crippen molar-refractivity contribution in [3.63, 3.8) is 0 Å². The van der Waals surface area contributed by atoms with Crippen molar-refractivity contribution in [3.8, 4) is 12.1 Å². The number of rotatable bonds is 9. The number of hydrogen-bond acceptors (Lipinski definition) is 9. The van der Waals surface area contributed by atoms with Gasteiger partial charge < -0.3 is 21.3 Å². The quantitative estimate of drug-likeness (QED) is 0.343. The Bertz CT molecular complexity index is 1290. The van der Waals surface area contributed by atoms with Crippen molar-refractivity contribution in [2.45, 2.75) is 46.1 Å². The molecule has 37 heavy (non-hydrogen) atoms. The highest BCUT2D eigenvalue weighted by atomic mass is 16.1. The predicted molar refractivity (Wildman–Crippen MR) is 143 cm³/mol. The molecule has 2 aromatic heterocycles. The number of nitrogens with two attached hydrogens (primary N) is 1. The Morgan fingerprint density at radius 1 is 1.19 bits per heavy atom. The lowest BCUT2D eigenvalue weighted by atomic mass is 10.0. The predicted octanol–water partition coefficient (Wildman–Crippen LogP) is 4.05. The molecular weight excluding hydrogens is 466 g/mol. The van der Waals surface area contributed by atoms with Gasteiger partial charge in [0.05, 0.1) is 29.7 Å². The number of amides is 1. The Balaban J connectivity index is 1.75. The van der Waals surface area contributed by atoms with Crippen LogP contribution in [0, 0.1) is 22.7 Å². The second-order valence-electron chi connectivity index (χ2n) is 8.62. The third kappa shape index (κ3) is 7.15. The molecule has 2 aromatic rings. The van der Waals surface area contributed by atoms with Crippen molar-refractivity contribution in [1.29, 1.82) is 10.5 Å². The normalized spacial score (nSPS) is 15.1. The molecule has 0 unspecified atom stereocenters. The van der Waals surface area contributed by atoms with E-state index in [1.165, 1.54) is 12.4 Å². The van der Waals surface area contributed by atoms with Gasteiger partial charge in [-0.1, -0.05) is 18.6 Å². The molecule has 1 fully saturated rings. The summed E-state index contributed by atoms with van der Waals surface area (Å²) < 4.78 is 0. The van der Waals surface area contributed by atoms with E-state index in [2.05, 4.69) is 43.5 Å². The van der Waals surface area contributed by atoms with Crippen LogP contribution in [-0.4, -0.2) is 40.0 Å². The summed E-state index contributed by atoms with van der Waals surface area (Å²) in [6.45, 7) is 7.38. The molecule has 0 saturated carbocycles. The van der Waals surface area contributed by atoms with Crippen molar-refractivity contribution in [2.75, 3.05) is 28.6 Å². The number of nitrogens with zero attached hydrogens (tertiary/aromatic N) is 6. The minimum atomic E-state index is -0.556. The summed E-state index contributed by atoms with van der Waals surface area (Å²) in [5.74, 6) is 0.741. The van der Waals surface area contributed by atoms with Crippen LogP contribution < -0.4 is 21.3 Å². The maximum absolute atomic E-state index is 12.1. The van der Waals surface area contributed by atoms with E-state index in [-0.39, 0.29) is 11.7 Å². The van der Waals surface area contributed by atoms with E-state index in [9.17, 15) is 10.1 Å². The van der Waals surface area contributed by atoms with Crippen LogP contribution in [0.25, 0.3) is 0 Å². The van der Waals surface area contributed by atoms with Gasteiger partial charge >= 0.3 is 0 Å². The first-order valence-corrected chi connectivity index (χ1v) is 12.1. The average molecular weight is 498 g/mol. The number of allylic oxidation sites excluding steroid dienone is 5. The fourth-order valence-electron chi connectivity index (χ4n) is 3.84. The third-order valence-corrected chi connectivity index (χ3v) is 6.22. The monoisotopic (exact) mass is 497 g/mol. The van der Waals surface area contributed by atoms with Gasteiger partial charge in [0.1, 0.15) is 17.7 Å². The van der Waals surface area contributed by atoms with Crippen molar-refractivity contribution in [2.24, 2.45) is 5.73 Å². The summed E-state index contributed by atoms with van der Waals surface area (Å²) in [6.07, 6.45) is 12.4. The second kappa shape index (κ2) is 12.8. The van der Waals surface area contributed by atoms with E-state index in [1.54, 1.807) is 24.4 Å². The maximum Gasteiger partial charge on any atom is 0.252 e. The molecule has 10 nitrogen and oxygen atoms in total. The van der Waals surface area contributed by atoms with E-state index in [0.29, 0.717) is 22.6 Å². The summed E-state index contributed by atoms with van der Waals surface area (Å²) >= 11 is 0. The highest BCUT2D eigenvalue weighted by molar-refractivity contribution is 5.98. The van der Waals surface area contributed by atoms with Crippen LogP contribution >= 0.6 is 0 Å². The molecule has 1 amide bonds. The topological polar surface area (TPSA) is 157 Å². The molecule has 0 bridgehead atoms. The Labute approximate surface area is 217 Å². The van der Waals surface area contributed by atoms with E-state index >= 15 is 0 Å². The summed E-state index contributed by atoms with van der Waals surface area (Å²) in [7, 11) is 0. The number of primary amides is 1. The Kier molecular flexibility index (Phi) is 9.34. The maximum atomic E-state index is 12.1. The molecule has 3 heterocycles. The van der Waals surface area contributed by atoms with Gasteiger partial charge in [-0.05, 0) is 45.3 Å². The number of nitrogens with one attached hydrogen (secondary N) is 2. The summed E-state index contributed by atoms with van der Waals surface area (Å²) in [5.41, 5.74) is 9.34. The summed E-state index contributed by atoms with van der Waals surface area (Å²) in [5, 5.41) is 24.9. The summed E-state index contributed by atoms with van der Waals surface area (Å²) in [6, 6.07) is 6.03. The SMILES string of the molecule is C\C=C(C#N)/C=C\C(Nc1cc(NC2CCN(c3cnc(C#N)cn3)CC2)c(C(N)=O)cn1)=C(/C)CC. The van der Waals surface area contributed by atoms with Gasteiger partial charge in [-0.25, -0.2) is 15.0 Å². The zero-order valence-electron chi connectivity index (χ0n) is 21.3. The number of pyridine rings is 1. The second-order valence-corrected chi connectivity index (χ2v) is 8.62. The minimum absolute atomic E-state index is 0.121. The first-order chi connectivity index (χ1) is 17.9. The van der Waals surface area contributed by atoms with Crippen LogP contribution in [0.15, 0.2) is 59.7 Å². The molecule has 0 radical (unpaired) electrons. The molecule has 190 valence electrons. The fourth-order valence-corrected chi connectivity index (χ4v) is 3.84. The number of hydrogen-bond donors (Lipinski definition) is 3. The van der Waals surface area contributed by atoms with E-state index in [1.807, 2.05) is 26.0 Å². The van der Waals surface area contributed by atoms with Crippen molar-refractivity contribution in [3.05, 3.63) is 71.0 Å². The standard InChI is InChI=1S/C27H31N9O/c1-4-18(3)23(7-6-19(5-2)13-28)35-25-12-24(22(16-32-25)27(30)37)34-20-8-10-36(11-9-20)26-17-31-21(14-29)15-33-26/h5-7,12,15-17,20H,4,8-11H2,1-3H3,(H2,30,37)(H2,32,34,35)/b7-6-,19-5+,23-18-. The number of nitriles is 2. The fraction of sp³-hybridized carbons (Fsp3) is 0.333. The lowest BCUT2D eigenvalue weighted by Gasteiger charge is -2.33. The molecule has 0 spiro atoms. The lowest BCUT2D eigenvalue weighted by molar-refractivity contribution is 0.100. The van der Waals surface area contributed by atoms with Gasteiger partial charge in [-0.15, -0.1) is 0 Å². The van der Waals surface area contributed by atoms with Crippen LogP contribution in [0.4, 0.5) is 17.3 Å². The largest absolute Gasteiger partial charge is 0.381 e. The first kappa shape index (κ1) is 26.9. The Morgan fingerprint density at radius 3 is 2.51 bits per heavy atom. The third-order valence-electron chi connectivity index (χ3n) is 6.22. The number of anilines is 3. The van der Waals surface area contributed by atoms with Crippen LogP contribution in [-0.2, 0) is 0 Å². The molecule has 0 aromatic carbocycles. The van der Waals surface area contributed by atoms with Crippen molar-refractivity contribution in [1.82, 2.24) is 15.0 Å². The number of carbonyl (C=O) groups excluding carboxylic acids is 1. The van der Waals surface area contributed by atoms with Crippen LogP contribution in [0.5, 0.6) is 0 Å². The van der Waals surface area contributed by atoms with E-state index in [4.69, 9.17) is 11.0 Å². The van der Waals surface area contributed by atoms with Gasteiger partial charge in [-0.2, -0.15) is 10.5 Å². The molecule has 0 aliphatic carbocycles. The van der Waals surface area contributed by atoms with E-state index in [0.717, 1.165) is 49.4 Å². The minimum Gasteiger partial charge on any atom is -0.381 e. The average Bonchev–Trinajstić information content (AvgIpc) is 2.93. The molecule has 0 atom stereocenters. The Hall–Kier alpha value is -4.70. The van der Waals surface area contributed by atoms with Crippen LogP contribution in [0.3, 0.4) is 0 Å². The van der Waals surface area contributed by atoms with Crippen molar-refractivity contribution < 1.29 is 4.79 Å². The molecule has 4 N–H and O–H groups in total. The van der Waals surface area contributed by atoms with Gasteiger partial charge in [0.15, 0.2) is 5.69 Å². The van der Waals surface area contributed by atoms with Crippen LogP contribution in [0.1, 0.15) is 56.1 Å². The van der Waals surface area contributed by atoms with Gasteiger partial charge in [0.25, 0.3) is 5.91 Å². The number of carbonyl (C=O) groups is 1. The molecule has 1 saturated heterocycles. The summed E-state index contributed by atoms with van der Waals surface area (Å²) in [4.78, 5) is 27.1. The smallest absolute Gasteiger partial charge is 0.252 e. The van der Waals surface area contributed by atoms with Gasteiger partial charge in [-0.3, -0.25) is 4.79 Å². The molecular formula is C27H31N9O. The molecule has 1 aliphatic heterocycles. The van der Waals surface area contributed by atoms with Crippen LogP contribution in [0.2, 0.25) is 0 Å². The number of aromatic nitrogens is 3. The zero-order chi connectivity index (χ0) is 26.8. The molecule has 3 rings (SSSR count). The van der Waals surface area contributed by atoms with Gasteiger partial charge in [0.2, 0.25) is 0 Å². The van der Waals surface area contributed by atoms with Gasteiger partial charge in [0, 0.05) is 42.7 Å². The zero-order valence-corrected chi connectivity index (χ0v) is 21.3. The molecule has 1 aliphatic rings. The first-order valence-electron chi connectivity index (χ1n) is 12.1. The highest BCUT2D eigenvalue weighted by Crippen LogP contribution is 2.25. The molecule has 10 heteroatoms. The van der Waals surface area contributed by atoms with E-state index < -0.39 is 5.91 Å². The Morgan fingerprint density at radius 2 is 1.95 bits per heavy atom.